The predicted octanol–water partition coefficient (Wildman–Crippen LogP) is 3.64. The van der Waals surface area contributed by atoms with Gasteiger partial charge in [0.1, 0.15) is 0 Å². The number of benzene rings is 1. The van der Waals surface area contributed by atoms with Crippen LogP contribution in [0.1, 0.15) is 31.7 Å². The molecule has 0 unspecified atom stereocenters. The van der Waals surface area contributed by atoms with Crippen LogP contribution in [0.4, 0.5) is 5.69 Å². The molecule has 1 fully saturated rings. The van der Waals surface area contributed by atoms with Crippen molar-refractivity contribution in [2.24, 2.45) is 0 Å². The van der Waals surface area contributed by atoms with E-state index in [0.717, 1.165) is 12.6 Å². The zero-order valence-electron chi connectivity index (χ0n) is 12.5. The molecule has 1 aliphatic rings. The molecule has 1 aromatic carbocycles. The van der Waals surface area contributed by atoms with E-state index in [2.05, 4.69) is 67.2 Å². The summed E-state index contributed by atoms with van der Waals surface area (Å²) in [5.74, 6) is 0. The molecule has 0 bridgehead atoms. The highest BCUT2D eigenvalue weighted by molar-refractivity contribution is 5.55. The number of piperidine rings is 1. The zero-order chi connectivity index (χ0) is 13.7. The Hall–Kier alpha value is -1.28. The Labute approximate surface area is 117 Å². The molecule has 2 heteroatoms. The molecule has 1 aromatic rings. The second kappa shape index (κ2) is 6.76. The van der Waals surface area contributed by atoms with Gasteiger partial charge in [0.05, 0.1) is 0 Å². The largest absolute Gasteiger partial charge is 0.378 e. The van der Waals surface area contributed by atoms with Crippen molar-refractivity contribution in [3.8, 4) is 0 Å². The van der Waals surface area contributed by atoms with E-state index in [0.29, 0.717) is 0 Å². The second-order valence-corrected chi connectivity index (χ2v) is 5.73. The summed E-state index contributed by atoms with van der Waals surface area (Å²) in [4.78, 5) is 4.71. The average Bonchev–Trinajstić information content (AvgIpc) is 2.41. The molecule has 0 N–H and O–H groups in total. The molecule has 19 heavy (non-hydrogen) atoms. The molecular weight excluding hydrogens is 232 g/mol. The van der Waals surface area contributed by atoms with E-state index in [4.69, 9.17) is 0 Å². The fourth-order valence-electron chi connectivity index (χ4n) is 2.64. The second-order valence-electron chi connectivity index (χ2n) is 5.73. The maximum Gasteiger partial charge on any atom is 0.0361 e. The van der Waals surface area contributed by atoms with Gasteiger partial charge in [-0.05, 0) is 44.0 Å². The Bertz CT molecular complexity index is 406. The van der Waals surface area contributed by atoms with Crippen LogP contribution >= 0.6 is 0 Å². The maximum absolute atomic E-state index is 2.58. The summed E-state index contributed by atoms with van der Waals surface area (Å²) in [7, 11) is 4.14. The van der Waals surface area contributed by atoms with Crippen molar-refractivity contribution in [1.29, 1.82) is 0 Å². The molecule has 0 aliphatic carbocycles. The summed E-state index contributed by atoms with van der Waals surface area (Å²) in [6.45, 7) is 4.68. The number of likely N-dealkylation sites (tertiary alicyclic amines) is 1. The third kappa shape index (κ3) is 4.10. The van der Waals surface area contributed by atoms with Crippen LogP contribution in [0.3, 0.4) is 0 Å². The number of anilines is 1. The van der Waals surface area contributed by atoms with Gasteiger partial charge >= 0.3 is 0 Å². The van der Waals surface area contributed by atoms with E-state index >= 15 is 0 Å². The fourth-order valence-corrected chi connectivity index (χ4v) is 2.64. The van der Waals surface area contributed by atoms with E-state index < -0.39 is 0 Å². The summed E-state index contributed by atoms with van der Waals surface area (Å²) in [5, 5.41) is 0. The molecule has 0 saturated carbocycles. The predicted molar refractivity (Wildman–Crippen MR) is 84.7 cm³/mol. The molecule has 104 valence electrons. The lowest BCUT2D eigenvalue weighted by atomic mass is 10.0. The summed E-state index contributed by atoms with van der Waals surface area (Å²) in [5.41, 5.74) is 2.54. The lowest BCUT2D eigenvalue weighted by Crippen LogP contribution is -2.37. The third-order valence-electron chi connectivity index (χ3n) is 4.00. The Balaban J connectivity index is 1.87. The van der Waals surface area contributed by atoms with Gasteiger partial charge in [-0.15, -0.1) is 0 Å². The van der Waals surface area contributed by atoms with Crippen molar-refractivity contribution in [3.05, 3.63) is 35.9 Å². The first-order valence-electron chi connectivity index (χ1n) is 7.35. The van der Waals surface area contributed by atoms with Gasteiger partial charge in [0.15, 0.2) is 0 Å². The topological polar surface area (TPSA) is 6.48 Å². The smallest absolute Gasteiger partial charge is 0.0361 e. The van der Waals surface area contributed by atoms with E-state index in [1.54, 1.807) is 0 Å². The summed E-state index contributed by atoms with van der Waals surface area (Å²) in [6, 6.07) is 9.46. The molecule has 0 amide bonds. The lowest BCUT2D eigenvalue weighted by molar-refractivity contribution is 0.179. The van der Waals surface area contributed by atoms with Crippen LogP contribution in [-0.4, -0.2) is 38.1 Å². The van der Waals surface area contributed by atoms with Crippen LogP contribution in [0.5, 0.6) is 0 Å². The number of nitrogens with zero attached hydrogens (tertiary/aromatic N) is 2. The van der Waals surface area contributed by atoms with Crippen LogP contribution in [0.25, 0.3) is 6.08 Å². The average molecular weight is 258 g/mol. The summed E-state index contributed by atoms with van der Waals surface area (Å²) < 4.78 is 0. The first-order chi connectivity index (χ1) is 9.16. The molecule has 2 nitrogen and oxygen atoms in total. The van der Waals surface area contributed by atoms with Crippen LogP contribution < -0.4 is 4.90 Å². The Morgan fingerprint density at radius 2 is 1.95 bits per heavy atom. The quantitative estimate of drug-likeness (QED) is 0.813. The number of rotatable bonds is 4. The highest BCUT2D eigenvalue weighted by atomic mass is 15.1. The first kappa shape index (κ1) is 14.1. The molecule has 1 aliphatic heterocycles. The van der Waals surface area contributed by atoms with Crippen LogP contribution in [0.15, 0.2) is 30.3 Å². The normalized spacial score (nSPS) is 20.9. The molecule has 1 saturated heterocycles. The molecule has 0 aromatic heterocycles. The minimum absolute atomic E-state index is 0.745. The van der Waals surface area contributed by atoms with E-state index in [1.165, 1.54) is 37.1 Å². The van der Waals surface area contributed by atoms with E-state index in [-0.39, 0.29) is 0 Å². The SMILES string of the molecule is C[C@@H]1CCCCN1C/C=C/c1ccc(N(C)C)cc1. The van der Waals surface area contributed by atoms with Crippen molar-refractivity contribution >= 4 is 11.8 Å². The fraction of sp³-hybridized carbons (Fsp3) is 0.529. The van der Waals surface area contributed by atoms with Crippen molar-refractivity contribution < 1.29 is 0 Å². The Morgan fingerprint density at radius 3 is 2.58 bits per heavy atom. The van der Waals surface area contributed by atoms with Crippen LogP contribution in [0, 0.1) is 0 Å². The van der Waals surface area contributed by atoms with Gasteiger partial charge in [-0.25, -0.2) is 0 Å². The first-order valence-corrected chi connectivity index (χ1v) is 7.35. The molecular formula is C17H26N2. The van der Waals surface area contributed by atoms with Gasteiger partial charge in [-0.2, -0.15) is 0 Å². The van der Waals surface area contributed by atoms with E-state index in [1.807, 2.05) is 0 Å². The number of hydrogen-bond donors (Lipinski definition) is 0. The highest BCUT2D eigenvalue weighted by Crippen LogP contribution is 2.17. The number of hydrogen-bond acceptors (Lipinski definition) is 2. The monoisotopic (exact) mass is 258 g/mol. The molecule has 0 spiro atoms. The standard InChI is InChI=1S/C17H26N2/c1-15-7-4-5-13-19(15)14-6-8-16-9-11-17(12-10-16)18(2)3/h6,8-12,15H,4-5,7,13-14H2,1-3H3/b8-6+/t15-/m1/s1. The minimum atomic E-state index is 0.745. The van der Waals surface area contributed by atoms with Gasteiger partial charge in [-0.3, -0.25) is 4.90 Å². The van der Waals surface area contributed by atoms with Gasteiger partial charge < -0.3 is 4.90 Å². The third-order valence-corrected chi connectivity index (χ3v) is 4.00. The maximum atomic E-state index is 2.58. The Kier molecular flexibility index (Phi) is 5.03. The van der Waals surface area contributed by atoms with E-state index in [9.17, 15) is 0 Å². The van der Waals surface area contributed by atoms with Crippen molar-refractivity contribution in [2.75, 3.05) is 32.1 Å². The van der Waals surface area contributed by atoms with Gasteiger partial charge in [0, 0.05) is 32.4 Å². The Morgan fingerprint density at radius 1 is 1.21 bits per heavy atom. The van der Waals surface area contributed by atoms with Crippen molar-refractivity contribution in [3.63, 3.8) is 0 Å². The zero-order valence-corrected chi connectivity index (χ0v) is 12.5. The summed E-state index contributed by atoms with van der Waals surface area (Å²) in [6.07, 6.45) is 8.64. The lowest BCUT2D eigenvalue weighted by Gasteiger charge is -2.32. The highest BCUT2D eigenvalue weighted by Gasteiger charge is 2.16. The van der Waals surface area contributed by atoms with Crippen molar-refractivity contribution in [2.45, 2.75) is 32.2 Å². The minimum Gasteiger partial charge on any atom is -0.378 e. The molecule has 0 radical (unpaired) electrons. The molecule has 2 rings (SSSR count). The molecule has 1 atom stereocenters. The van der Waals surface area contributed by atoms with Gasteiger partial charge in [0.25, 0.3) is 0 Å². The van der Waals surface area contributed by atoms with Crippen molar-refractivity contribution in [1.82, 2.24) is 4.90 Å². The summed E-state index contributed by atoms with van der Waals surface area (Å²) >= 11 is 0. The van der Waals surface area contributed by atoms with Crippen LogP contribution in [-0.2, 0) is 0 Å². The molecule has 1 heterocycles. The van der Waals surface area contributed by atoms with Gasteiger partial charge in [0.2, 0.25) is 0 Å². The van der Waals surface area contributed by atoms with Crippen LogP contribution in [0.2, 0.25) is 0 Å². The van der Waals surface area contributed by atoms with Gasteiger partial charge in [-0.1, -0.05) is 30.7 Å².